The number of hydrogen-bond donors (Lipinski definition) is 2. The Balaban J connectivity index is 4.24. The molecule has 0 amide bonds. The topological polar surface area (TPSA) is 127 Å². The Kier molecular flexibility index (Phi) is 33.2. The van der Waals surface area contributed by atoms with Gasteiger partial charge in [0.15, 0.2) is 0 Å². The van der Waals surface area contributed by atoms with E-state index in [0.717, 1.165) is 38.5 Å². The van der Waals surface area contributed by atoms with E-state index in [-0.39, 0.29) is 13.2 Å². The normalized spacial score (nSPS) is 12.5. The molecule has 0 aromatic rings. The molecule has 0 aromatic heterocycles. The molecule has 8 nitrogen and oxygen atoms in total. The van der Waals surface area contributed by atoms with E-state index in [0.29, 0.717) is 12.8 Å². The number of hydrogen-bond acceptors (Lipinski definition) is 6. The number of carbonyl (C=O) groups is 4. The fourth-order valence-electron chi connectivity index (χ4n) is 6.31. The maximum absolute atomic E-state index is 12.9. The molecule has 0 radical (unpaired) electrons. The molecular formula is C40H74O8. The molecule has 8 heteroatoms. The van der Waals surface area contributed by atoms with Crippen LogP contribution in [0.1, 0.15) is 206 Å². The second-order valence-electron chi connectivity index (χ2n) is 13.9. The first-order valence-corrected chi connectivity index (χ1v) is 20.1. The highest BCUT2D eigenvalue weighted by atomic mass is 16.5. The zero-order chi connectivity index (χ0) is 35.5. The predicted octanol–water partition coefficient (Wildman–Crippen LogP) is 11.2. The smallest absolute Gasteiger partial charge is 0.310 e. The molecule has 0 rings (SSSR count). The van der Waals surface area contributed by atoms with Gasteiger partial charge in [0.2, 0.25) is 0 Å². The monoisotopic (exact) mass is 683 g/mol. The summed E-state index contributed by atoms with van der Waals surface area (Å²) in [7, 11) is 0. The molecule has 0 saturated carbocycles. The van der Waals surface area contributed by atoms with Crippen LogP contribution in [0.25, 0.3) is 0 Å². The van der Waals surface area contributed by atoms with Crippen molar-refractivity contribution in [3.05, 3.63) is 0 Å². The molecule has 0 saturated heterocycles. The van der Waals surface area contributed by atoms with Gasteiger partial charge in [0.05, 0.1) is 37.9 Å². The summed E-state index contributed by atoms with van der Waals surface area (Å²) in [5.74, 6) is -7.05. The molecule has 0 aliphatic carbocycles. The van der Waals surface area contributed by atoms with Crippen molar-refractivity contribution in [2.24, 2.45) is 11.8 Å². The minimum absolute atomic E-state index is 0.126. The molecule has 282 valence electrons. The number of rotatable bonds is 37. The van der Waals surface area contributed by atoms with Gasteiger partial charge >= 0.3 is 23.9 Å². The largest absolute Gasteiger partial charge is 0.481 e. The van der Waals surface area contributed by atoms with Gasteiger partial charge in [0, 0.05) is 0 Å². The third-order valence-electron chi connectivity index (χ3n) is 9.36. The highest BCUT2D eigenvalue weighted by molar-refractivity contribution is 5.88. The first-order valence-electron chi connectivity index (χ1n) is 20.1. The molecule has 0 fully saturated rings. The molecule has 0 aromatic carbocycles. The quantitative estimate of drug-likeness (QED) is 0.0489. The third kappa shape index (κ3) is 30.0. The van der Waals surface area contributed by atoms with Crippen LogP contribution in [0.15, 0.2) is 0 Å². The summed E-state index contributed by atoms with van der Waals surface area (Å²) in [4.78, 5) is 48.8. The molecule has 0 bridgehead atoms. The molecule has 2 N–H and O–H groups in total. The van der Waals surface area contributed by atoms with E-state index in [1.54, 1.807) is 0 Å². The zero-order valence-corrected chi connectivity index (χ0v) is 31.1. The van der Waals surface area contributed by atoms with E-state index in [1.165, 1.54) is 128 Å². The lowest BCUT2D eigenvalue weighted by Gasteiger charge is -2.22. The second kappa shape index (κ2) is 34.7. The predicted molar refractivity (Wildman–Crippen MR) is 194 cm³/mol. The van der Waals surface area contributed by atoms with Gasteiger partial charge < -0.3 is 19.7 Å². The summed E-state index contributed by atoms with van der Waals surface area (Å²) in [5.41, 5.74) is 0. The van der Waals surface area contributed by atoms with Gasteiger partial charge in [-0.1, -0.05) is 181 Å². The van der Waals surface area contributed by atoms with Crippen LogP contribution < -0.4 is 0 Å². The van der Waals surface area contributed by atoms with Crippen molar-refractivity contribution >= 4 is 23.9 Å². The number of ether oxygens (including phenoxy) is 2. The number of carboxylic acid groups (broad SMARTS) is 2. The van der Waals surface area contributed by atoms with E-state index in [4.69, 9.17) is 9.47 Å². The average Bonchev–Trinajstić information content (AvgIpc) is 3.05. The lowest BCUT2D eigenvalue weighted by molar-refractivity contribution is -0.166. The highest BCUT2D eigenvalue weighted by Crippen LogP contribution is 2.24. The van der Waals surface area contributed by atoms with Crippen molar-refractivity contribution in [1.82, 2.24) is 0 Å². The summed E-state index contributed by atoms with van der Waals surface area (Å²) >= 11 is 0. The van der Waals surface area contributed by atoms with Gasteiger partial charge in [-0.15, -0.1) is 0 Å². The average molecular weight is 683 g/mol. The number of esters is 2. The number of carboxylic acids is 2. The zero-order valence-electron chi connectivity index (χ0n) is 31.1. The van der Waals surface area contributed by atoms with Crippen molar-refractivity contribution < 1.29 is 38.9 Å². The van der Waals surface area contributed by atoms with Crippen LogP contribution in [-0.2, 0) is 28.7 Å². The molecule has 0 heterocycles. The molecule has 2 atom stereocenters. The van der Waals surface area contributed by atoms with Gasteiger partial charge in [-0.3, -0.25) is 19.2 Å². The Bertz CT molecular complexity index is 719. The molecule has 48 heavy (non-hydrogen) atoms. The first kappa shape index (κ1) is 45.9. The Hall–Kier alpha value is -2.12. The van der Waals surface area contributed by atoms with Crippen LogP contribution in [0, 0.1) is 11.8 Å². The van der Waals surface area contributed by atoms with Crippen LogP contribution in [0.5, 0.6) is 0 Å². The van der Waals surface area contributed by atoms with Crippen LogP contribution in [0.2, 0.25) is 0 Å². The Labute approximate surface area is 293 Å². The van der Waals surface area contributed by atoms with Gasteiger partial charge in [0.1, 0.15) is 0 Å². The van der Waals surface area contributed by atoms with Crippen LogP contribution in [0.4, 0.5) is 0 Å². The lowest BCUT2D eigenvalue weighted by Crippen LogP contribution is -2.36. The Morgan fingerprint density at radius 1 is 0.375 bits per heavy atom. The van der Waals surface area contributed by atoms with E-state index < -0.39 is 48.6 Å². The van der Waals surface area contributed by atoms with Crippen molar-refractivity contribution in [3.63, 3.8) is 0 Å². The van der Waals surface area contributed by atoms with Crippen LogP contribution in [-0.4, -0.2) is 47.3 Å². The van der Waals surface area contributed by atoms with E-state index in [2.05, 4.69) is 13.8 Å². The standard InChI is InChI=1S/C40H74O8/c1-3-5-7-9-11-13-15-17-19-21-23-25-27-29-31-47-39(45)35(33-37(41)42)36(34-38(43)44)40(46)48-32-30-28-26-24-22-20-18-16-14-12-10-8-6-4-2/h35-36H,3-34H2,1-2H3,(H,41,42)(H,43,44). The summed E-state index contributed by atoms with van der Waals surface area (Å²) in [6, 6.07) is 0. The lowest BCUT2D eigenvalue weighted by atomic mass is 9.86. The molecule has 0 aliphatic heterocycles. The molecular weight excluding hydrogens is 608 g/mol. The van der Waals surface area contributed by atoms with Crippen LogP contribution in [0.3, 0.4) is 0 Å². The fraction of sp³-hybridized carbons (Fsp3) is 0.900. The van der Waals surface area contributed by atoms with E-state index in [1.807, 2.05) is 0 Å². The van der Waals surface area contributed by atoms with Crippen molar-refractivity contribution in [1.29, 1.82) is 0 Å². The minimum atomic E-state index is -1.39. The summed E-state index contributed by atoms with van der Waals surface area (Å²) in [5, 5.41) is 18.8. The second-order valence-corrected chi connectivity index (χ2v) is 13.9. The SMILES string of the molecule is CCCCCCCCCCCCCCCCOC(=O)C(CC(=O)O)C(CC(=O)O)C(=O)OCCCCCCCCCCCCCCCC. The van der Waals surface area contributed by atoms with E-state index >= 15 is 0 Å². The number of aliphatic carboxylic acids is 2. The summed E-state index contributed by atoms with van der Waals surface area (Å²) in [6.45, 7) is 4.74. The van der Waals surface area contributed by atoms with Gasteiger partial charge in [0.25, 0.3) is 0 Å². The van der Waals surface area contributed by atoms with Crippen molar-refractivity contribution in [2.75, 3.05) is 13.2 Å². The van der Waals surface area contributed by atoms with Gasteiger partial charge in [-0.05, 0) is 12.8 Å². The maximum Gasteiger partial charge on any atom is 0.310 e. The summed E-state index contributed by atoms with van der Waals surface area (Å²) < 4.78 is 10.7. The molecule has 0 aliphatic rings. The fourth-order valence-corrected chi connectivity index (χ4v) is 6.31. The Morgan fingerprint density at radius 3 is 0.792 bits per heavy atom. The highest BCUT2D eigenvalue weighted by Gasteiger charge is 2.39. The number of carbonyl (C=O) groups excluding carboxylic acids is 2. The van der Waals surface area contributed by atoms with Crippen molar-refractivity contribution in [3.8, 4) is 0 Å². The third-order valence-corrected chi connectivity index (χ3v) is 9.36. The minimum Gasteiger partial charge on any atom is -0.481 e. The molecule has 2 unspecified atom stereocenters. The Morgan fingerprint density at radius 2 is 0.583 bits per heavy atom. The van der Waals surface area contributed by atoms with Gasteiger partial charge in [-0.25, -0.2) is 0 Å². The van der Waals surface area contributed by atoms with Crippen molar-refractivity contribution in [2.45, 2.75) is 206 Å². The number of unbranched alkanes of at least 4 members (excludes halogenated alkanes) is 26. The maximum atomic E-state index is 12.9. The van der Waals surface area contributed by atoms with Gasteiger partial charge in [-0.2, -0.15) is 0 Å². The first-order chi connectivity index (χ1) is 23.3. The molecule has 0 spiro atoms. The van der Waals surface area contributed by atoms with Crippen LogP contribution >= 0.6 is 0 Å². The summed E-state index contributed by atoms with van der Waals surface area (Å²) in [6.07, 6.45) is 32.3. The van der Waals surface area contributed by atoms with E-state index in [9.17, 15) is 29.4 Å².